The van der Waals surface area contributed by atoms with Crippen LogP contribution >= 0.6 is 0 Å². The fourth-order valence-electron chi connectivity index (χ4n) is 1.40. The van der Waals surface area contributed by atoms with Gasteiger partial charge in [0.2, 0.25) is 0 Å². The number of carbonyl (C=O) groups is 2. The molecule has 0 atom stereocenters. The first-order valence-electron chi connectivity index (χ1n) is 5.24. The third-order valence-corrected chi connectivity index (χ3v) is 2.24. The number of ether oxygens (including phenoxy) is 1. The van der Waals surface area contributed by atoms with E-state index in [0.29, 0.717) is 11.5 Å². The number of rotatable bonds is 4. The largest absolute Gasteiger partial charge is 0.478 e. The van der Waals surface area contributed by atoms with Crippen LogP contribution in [0.1, 0.15) is 20.7 Å². The number of aromatic carboxylic acids is 2. The zero-order valence-electron chi connectivity index (χ0n) is 9.58. The fraction of sp³-hybridized carbons (Fsp3) is 0. The molecule has 0 spiro atoms. The van der Waals surface area contributed by atoms with Crippen LogP contribution in [0.4, 0.5) is 0 Å². The van der Waals surface area contributed by atoms with Gasteiger partial charge in [-0.2, -0.15) is 0 Å². The highest BCUT2D eigenvalue weighted by Gasteiger charge is 2.07. The van der Waals surface area contributed by atoms with Crippen LogP contribution in [0.15, 0.2) is 36.4 Å². The van der Waals surface area contributed by atoms with E-state index in [4.69, 9.17) is 14.9 Å². The molecule has 0 amide bonds. The van der Waals surface area contributed by atoms with Crippen molar-refractivity contribution in [1.82, 2.24) is 0 Å². The average molecular weight is 256 g/mol. The molecule has 0 saturated heterocycles. The van der Waals surface area contributed by atoms with Gasteiger partial charge in [0.05, 0.1) is 11.1 Å². The second-order valence-corrected chi connectivity index (χ2v) is 3.59. The quantitative estimate of drug-likeness (QED) is 0.877. The third-order valence-electron chi connectivity index (χ3n) is 2.24. The Morgan fingerprint density at radius 3 is 1.68 bits per heavy atom. The van der Waals surface area contributed by atoms with E-state index in [0.717, 1.165) is 0 Å². The maximum Gasteiger partial charge on any atom is 0.336 e. The maximum absolute atomic E-state index is 10.8. The van der Waals surface area contributed by atoms with Crippen molar-refractivity contribution in [3.63, 3.8) is 0 Å². The lowest BCUT2D eigenvalue weighted by Gasteiger charge is -2.06. The van der Waals surface area contributed by atoms with Gasteiger partial charge in [0.25, 0.3) is 0 Å². The number of hydrogen-bond donors (Lipinski definition) is 2. The van der Waals surface area contributed by atoms with E-state index in [1.165, 1.54) is 36.4 Å². The van der Waals surface area contributed by atoms with Crippen LogP contribution in [0.2, 0.25) is 0 Å². The predicted molar refractivity (Wildman–Crippen MR) is 64.5 cm³/mol. The van der Waals surface area contributed by atoms with Crippen molar-refractivity contribution < 1.29 is 24.5 Å². The van der Waals surface area contributed by atoms with Crippen LogP contribution in [-0.4, -0.2) is 22.2 Å². The van der Waals surface area contributed by atoms with Crippen LogP contribution in [0, 0.1) is 12.1 Å². The molecule has 0 fully saturated rings. The molecule has 2 rings (SSSR count). The molecule has 0 bridgehead atoms. The molecular formula is C14H8O5. The van der Waals surface area contributed by atoms with Gasteiger partial charge in [0.15, 0.2) is 0 Å². The lowest BCUT2D eigenvalue weighted by molar-refractivity contribution is 0.0686. The molecule has 0 aromatic heterocycles. The minimum atomic E-state index is -1.11. The van der Waals surface area contributed by atoms with Crippen molar-refractivity contribution >= 4 is 11.9 Å². The number of hydrogen-bond acceptors (Lipinski definition) is 3. The smallest absolute Gasteiger partial charge is 0.336 e. The molecule has 0 aliphatic rings. The molecule has 0 aliphatic carbocycles. The first-order chi connectivity index (χ1) is 9.06. The van der Waals surface area contributed by atoms with Crippen LogP contribution in [0.25, 0.3) is 0 Å². The molecule has 0 heterocycles. The SMILES string of the molecule is O=C(O)c1[c]ccc(Oc2cc[c]c(C(=O)O)c2)c1. The van der Waals surface area contributed by atoms with Gasteiger partial charge in [-0.25, -0.2) is 9.59 Å². The van der Waals surface area contributed by atoms with Gasteiger partial charge in [0, 0.05) is 0 Å². The molecule has 0 aliphatic heterocycles. The summed E-state index contributed by atoms with van der Waals surface area (Å²) in [6.07, 6.45) is 0. The lowest BCUT2D eigenvalue weighted by atomic mass is 10.2. The van der Waals surface area contributed by atoms with Crippen molar-refractivity contribution in [1.29, 1.82) is 0 Å². The highest BCUT2D eigenvalue weighted by atomic mass is 16.5. The van der Waals surface area contributed by atoms with E-state index in [1.54, 1.807) is 0 Å². The monoisotopic (exact) mass is 256 g/mol. The Hall–Kier alpha value is -2.82. The van der Waals surface area contributed by atoms with Gasteiger partial charge in [-0.05, 0) is 48.5 Å². The Bertz CT molecular complexity index is 578. The van der Waals surface area contributed by atoms with Crippen molar-refractivity contribution in [2.75, 3.05) is 0 Å². The molecule has 0 unspecified atom stereocenters. The maximum atomic E-state index is 10.8. The summed E-state index contributed by atoms with van der Waals surface area (Å²) < 4.78 is 5.39. The van der Waals surface area contributed by atoms with E-state index in [-0.39, 0.29) is 11.1 Å². The Kier molecular flexibility index (Phi) is 3.47. The standard InChI is InChI=1S/C14H8O5/c15-13(16)9-3-1-5-11(7-9)19-12-6-2-4-10(8-12)14(17)18/h1-2,5-8H,(H,15,16)(H,17,18). The van der Waals surface area contributed by atoms with Gasteiger partial charge < -0.3 is 14.9 Å². The Morgan fingerprint density at radius 2 is 1.32 bits per heavy atom. The van der Waals surface area contributed by atoms with Gasteiger partial charge in [-0.1, -0.05) is 0 Å². The molecule has 19 heavy (non-hydrogen) atoms. The van der Waals surface area contributed by atoms with Crippen LogP contribution in [0.5, 0.6) is 11.5 Å². The molecule has 2 aromatic rings. The molecular weight excluding hydrogens is 248 g/mol. The first-order valence-corrected chi connectivity index (χ1v) is 5.24. The Morgan fingerprint density at radius 1 is 0.895 bits per heavy atom. The van der Waals surface area contributed by atoms with Crippen molar-refractivity contribution in [2.24, 2.45) is 0 Å². The van der Waals surface area contributed by atoms with Crippen LogP contribution in [0.3, 0.4) is 0 Å². The highest BCUT2D eigenvalue weighted by molar-refractivity contribution is 5.88. The summed E-state index contributed by atoms with van der Waals surface area (Å²) in [7, 11) is 0. The van der Waals surface area contributed by atoms with E-state index >= 15 is 0 Å². The normalized spacial score (nSPS) is 9.89. The minimum absolute atomic E-state index is 0.0292. The summed E-state index contributed by atoms with van der Waals surface area (Å²) in [6, 6.07) is 13.6. The van der Waals surface area contributed by atoms with Crippen molar-refractivity contribution in [3.05, 3.63) is 59.7 Å². The minimum Gasteiger partial charge on any atom is -0.478 e. The number of benzene rings is 2. The summed E-state index contributed by atoms with van der Waals surface area (Å²) in [6.45, 7) is 0. The van der Waals surface area contributed by atoms with Gasteiger partial charge >= 0.3 is 11.9 Å². The summed E-state index contributed by atoms with van der Waals surface area (Å²) >= 11 is 0. The predicted octanol–water partition coefficient (Wildman–Crippen LogP) is 2.48. The van der Waals surface area contributed by atoms with Crippen LogP contribution in [-0.2, 0) is 0 Å². The van der Waals surface area contributed by atoms with E-state index < -0.39 is 11.9 Å². The van der Waals surface area contributed by atoms with Gasteiger partial charge in [0.1, 0.15) is 11.5 Å². The summed E-state index contributed by atoms with van der Waals surface area (Å²) in [4.78, 5) is 21.6. The number of carboxylic acid groups (broad SMARTS) is 2. The Balaban J connectivity index is 2.26. The first kappa shape index (κ1) is 12.6. The number of carboxylic acids is 2. The van der Waals surface area contributed by atoms with Crippen molar-refractivity contribution in [2.45, 2.75) is 0 Å². The molecule has 2 aromatic carbocycles. The molecule has 2 radical (unpaired) electrons. The van der Waals surface area contributed by atoms with Crippen molar-refractivity contribution in [3.8, 4) is 11.5 Å². The molecule has 5 heteroatoms. The second-order valence-electron chi connectivity index (χ2n) is 3.59. The topological polar surface area (TPSA) is 83.8 Å². The van der Waals surface area contributed by atoms with Gasteiger partial charge in [-0.3, -0.25) is 0 Å². The van der Waals surface area contributed by atoms with E-state index in [1.807, 2.05) is 0 Å². The summed E-state index contributed by atoms with van der Waals surface area (Å²) in [5, 5.41) is 17.6. The third kappa shape index (κ3) is 3.10. The van der Waals surface area contributed by atoms with Gasteiger partial charge in [-0.15, -0.1) is 0 Å². The lowest BCUT2D eigenvalue weighted by Crippen LogP contribution is -1.98. The van der Waals surface area contributed by atoms with Crippen LogP contribution < -0.4 is 4.74 Å². The van der Waals surface area contributed by atoms with E-state index in [9.17, 15) is 9.59 Å². The molecule has 5 nitrogen and oxygen atoms in total. The molecule has 94 valence electrons. The molecule has 2 N–H and O–H groups in total. The average Bonchev–Trinajstić information content (AvgIpc) is 2.39. The second kappa shape index (κ2) is 5.22. The summed E-state index contributed by atoms with van der Waals surface area (Å²) in [5.41, 5.74) is -0.0584. The van der Waals surface area contributed by atoms with E-state index in [2.05, 4.69) is 12.1 Å². The zero-order chi connectivity index (χ0) is 13.8. The fourth-order valence-corrected chi connectivity index (χ4v) is 1.40. The molecule has 0 saturated carbocycles. The Labute approximate surface area is 108 Å². The summed E-state index contributed by atoms with van der Waals surface area (Å²) in [5.74, 6) is -1.64. The highest BCUT2D eigenvalue weighted by Crippen LogP contribution is 2.22. The zero-order valence-corrected chi connectivity index (χ0v) is 9.58.